The molecule has 1 aliphatic heterocycles. The Morgan fingerprint density at radius 1 is 0.945 bits per heavy atom. The Morgan fingerprint density at radius 3 is 2.42 bits per heavy atom. The molecule has 290 valence electrons. The molecule has 2 atom stereocenters. The lowest BCUT2D eigenvalue weighted by molar-refractivity contribution is -0.129. The van der Waals surface area contributed by atoms with Gasteiger partial charge >= 0.3 is 6.09 Å². The molecule has 2 fully saturated rings. The predicted octanol–water partition coefficient (Wildman–Crippen LogP) is 6.63. The molecule has 55 heavy (non-hydrogen) atoms. The smallest absolute Gasteiger partial charge is 0.407 e. The standard InChI is InChI=1S/C43H52N6O6/c1-26-20-31(39(51)48-36-6-5-19-44-41(36)53)16-18-35(26)29-11-7-27(8-12-29)21-33(40(52)47-34-17-15-32-25-46-49-37(32)23-34)22-38(50)30-13-9-28(10-14-30)24-45-42(54)55-43(2,3)4/h7-8,11-12,15-18,20,23,25,28,30,33,36H,5-6,9-10,13-14,19,21-22,24H2,1-4H3,(H,44,53)(H,45,54)(H,46,49)(H,47,52)(H,48,51)/t28?,30?,33-,36?/m1/s1. The number of rotatable bonds is 12. The molecular formula is C43H52N6O6. The number of fused-ring (bicyclic) bond motifs is 1. The van der Waals surface area contributed by atoms with E-state index in [9.17, 15) is 24.0 Å². The van der Waals surface area contributed by atoms with Crippen molar-refractivity contribution in [2.75, 3.05) is 18.4 Å². The van der Waals surface area contributed by atoms with Gasteiger partial charge in [-0.25, -0.2) is 4.79 Å². The SMILES string of the molecule is Cc1cc(C(=O)NC2CCCNC2=O)ccc1-c1ccc(C[C@H](CC(=O)C2CCC(CNC(=O)OC(C)(C)C)CC2)C(=O)Nc2ccc3cn[nH]c3c2)cc1. The summed E-state index contributed by atoms with van der Waals surface area (Å²) in [7, 11) is 0. The van der Waals surface area contributed by atoms with Gasteiger partial charge in [0.1, 0.15) is 17.4 Å². The Morgan fingerprint density at radius 2 is 1.71 bits per heavy atom. The third-order valence-corrected chi connectivity index (χ3v) is 10.6. The molecule has 1 aliphatic carbocycles. The van der Waals surface area contributed by atoms with Crippen LogP contribution >= 0.6 is 0 Å². The first-order valence-corrected chi connectivity index (χ1v) is 19.3. The molecule has 0 radical (unpaired) electrons. The van der Waals surface area contributed by atoms with Crippen LogP contribution in [0.5, 0.6) is 0 Å². The topological polar surface area (TPSA) is 171 Å². The number of carbonyl (C=O) groups is 5. The van der Waals surface area contributed by atoms with Crippen LogP contribution < -0.4 is 21.3 Å². The van der Waals surface area contributed by atoms with E-state index in [1.807, 2.05) is 82.3 Å². The Labute approximate surface area is 321 Å². The monoisotopic (exact) mass is 748 g/mol. The number of Topliss-reactive ketones (excluding diaryl/α,β-unsaturated/α-hetero) is 1. The summed E-state index contributed by atoms with van der Waals surface area (Å²) in [5.41, 5.74) is 5.14. The predicted molar refractivity (Wildman–Crippen MR) is 211 cm³/mol. The third-order valence-electron chi connectivity index (χ3n) is 10.6. The van der Waals surface area contributed by atoms with Crippen molar-refractivity contribution in [2.45, 2.75) is 90.7 Å². The van der Waals surface area contributed by atoms with Crippen LogP contribution in [0.4, 0.5) is 10.5 Å². The Kier molecular flexibility index (Phi) is 12.3. The molecular weight excluding hydrogens is 697 g/mol. The molecule has 5 N–H and O–H groups in total. The fraction of sp³-hybridized carbons (Fsp3) is 0.442. The molecule has 2 aliphatic rings. The van der Waals surface area contributed by atoms with Crippen molar-refractivity contribution in [1.82, 2.24) is 26.1 Å². The first-order chi connectivity index (χ1) is 26.3. The molecule has 1 aromatic heterocycles. The zero-order valence-corrected chi connectivity index (χ0v) is 32.1. The van der Waals surface area contributed by atoms with Gasteiger partial charge in [0.05, 0.1) is 11.7 Å². The summed E-state index contributed by atoms with van der Waals surface area (Å²) in [6.07, 6.45) is 6.31. The van der Waals surface area contributed by atoms with E-state index in [1.54, 1.807) is 12.3 Å². The minimum absolute atomic E-state index is 0.0863. The molecule has 4 aromatic rings. The van der Waals surface area contributed by atoms with Crippen molar-refractivity contribution in [2.24, 2.45) is 17.8 Å². The second kappa shape index (κ2) is 17.3. The number of carbonyl (C=O) groups excluding carboxylic acids is 5. The lowest BCUT2D eigenvalue weighted by Gasteiger charge is -2.29. The Bertz CT molecular complexity index is 2030. The summed E-state index contributed by atoms with van der Waals surface area (Å²) in [6, 6.07) is 18.5. The summed E-state index contributed by atoms with van der Waals surface area (Å²) < 4.78 is 5.36. The highest BCUT2D eigenvalue weighted by Crippen LogP contribution is 2.32. The molecule has 1 saturated carbocycles. The van der Waals surface area contributed by atoms with Crippen molar-refractivity contribution in [3.63, 3.8) is 0 Å². The van der Waals surface area contributed by atoms with Crippen LogP contribution in [0.25, 0.3) is 22.0 Å². The lowest BCUT2D eigenvalue weighted by Crippen LogP contribution is -2.50. The number of amides is 4. The number of anilines is 1. The minimum Gasteiger partial charge on any atom is -0.444 e. The first-order valence-electron chi connectivity index (χ1n) is 19.3. The number of benzene rings is 3. The molecule has 12 heteroatoms. The van der Waals surface area contributed by atoms with E-state index in [0.29, 0.717) is 37.2 Å². The fourth-order valence-electron chi connectivity index (χ4n) is 7.54. The molecule has 1 saturated heterocycles. The summed E-state index contributed by atoms with van der Waals surface area (Å²) in [4.78, 5) is 64.9. The number of aryl methyl sites for hydroxylation is 1. The highest BCUT2D eigenvalue weighted by Gasteiger charge is 2.31. The average molecular weight is 749 g/mol. The van der Waals surface area contributed by atoms with E-state index in [4.69, 9.17) is 4.74 Å². The minimum atomic E-state index is -0.590. The number of alkyl carbamates (subject to hydrolysis) is 1. The van der Waals surface area contributed by atoms with Crippen molar-refractivity contribution >= 4 is 46.2 Å². The van der Waals surface area contributed by atoms with Gasteiger partial charge in [-0.1, -0.05) is 30.3 Å². The number of ketones is 1. The number of H-pyrrole nitrogens is 1. The number of nitrogens with one attached hydrogen (secondary N) is 5. The van der Waals surface area contributed by atoms with Gasteiger partial charge in [-0.15, -0.1) is 0 Å². The van der Waals surface area contributed by atoms with Crippen LogP contribution in [-0.2, 0) is 25.5 Å². The highest BCUT2D eigenvalue weighted by molar-refractivity contribution is 5.99. The van der Waals surface area contributed by atoms with Crippen LogP contribution in [0.15, 0.2) is 66.9 Å². The molecule has 2 heterocycles. The maximum absolute atomic E-state index is 13.9. The van der Waals surface area contributed by atoms with Gasteiger partial charge in [-0.3, -0.25) is 24.3 Å². The number of hydrogen-bond acceptors (Lipinski definition) is 7. The third kappa shape index (κ3) is 10.6. The number of nitrogens with zero attached hydrogens (tertiary/aromatic N) is 1. The van der Waals surface area contributed by atoms with Crippen LogP contribution in [0.2, 0.25) is 0 Å². The lowest BCUT2D eigenvalue weighted by atomic mass is 9.77. The second-order valence-electron chi connectivity index (χ2n) is 16.0. The zero-order chi connectivity index (χ0) is 39.1. The molecule has 12 nitrogen and oxygen atoms in total. The summed E-state index contributed by atoms with van der Waals surface area (Å²) in [5.74, 6) is -1.02. The zero-order valence-electron chi connectivity index (χ0n) is 32.1. The highest BCUT2D eigenvalue weighted by atomic mass is 16.6. The van der Waals surface area contributed by atoms with Gasteiger partial charge in [-0.05, 0) is 131 Å². The van der Waals surface area contributed by atoms with E-state index in [2.05, 4.69) is 31.5 Å². The molecule has 0 spiro atoms. The van der Waals surface area contributed by atoms with E-state index < -0.39 is 23.7 Å². The molecule has 0 bridgehead atoms. The quantitative estimate of drug-likeness (QED) is 0.108. The van der Waals surface area contributed by atoms with Crippen molar-refractivity contribution in [3.05, 3.63) is 83.6 Å². The van der Waals surface area contributed by atoms with E-state index in [0.717, 1.165) is 65.3 Å². The van der Waals surface area contributed by atoms with Crippen LogP contribution in [0, 0.1) is 24.7 Å². The van der Waals surface area contributed by atoms with Crippen LogP contribution in [-0.4, -0.2) is 64.5 Å². The van der Waals surface area contributed by atoms with Crippen molar-refractivity contribution < 1.29 is 28.7 Å². The van der Waals surface area contributed by atoms with Gasteiger partial charge in [0, 0.05) is 48.0 Å². The largest absolute Gasteiger partial charge is 0.444 e. The number of ether oxygens (including phenoxy) is 1. The molecule has 3 aromatic carbocycles. The Hall–Kier alpha value is -5.52. The number of piperidine rings is 1. The summed E-state index contributed by atoms with van der Waals surface area (Å²) in [6.45, 7) is 8.58. The van der Waals surface area contributed by atoms with Gasteiger partial charge in [0.2, 0.25) is 11.8 Å². The van der Waals surface area contributed by atoms with Gasteiger partial charge in [0.25, 0.3) is 5.91 Å². The van der Waals surface area contributed by atoms with E-state index in [-0.39, 0.29) is 41.8 Å². The number of aromatic amines is 1. The van der Waals surface area contributed by atoms with Gasteiger partial charge < -0.3 is 26.0 Å². The van der Waals surface area contributed by atoms with Crippen molar-refractivity contribution in [1.29, 1.82) is 0 Å². The molecule has 4 amide bonds. The number of aromatic nitrogens is 2. The fourth-order valence-corrected chi connectivity index (χ4v) is 7.54. The van der Waals surface area contributed by atoms with Crippen LogP contribution in [0.1, 0.15) is 87.2 Å². The number of hydrogen-bond donors (Lipinski definition) is 5. The normalized spacial score (nSPS) is 19.2. The first kappa shape index (κ1) is 39.2. The summed E-state index contributed by atoms with van der Waals surface area (Å²) >= 11 is 0. The maximum atomic E-state index is 13.9. The van der Waals surface area contributed by atoms with E-state index >= 15 is 0 Å². The molecule has 1 unspecified atom stereocenters. The van der Waals surface area contributed by atoms with E-state index in [1.165, 1.54) is 0 Å². The summed E-state index contributed by atoms with van der Waals surface area (Å²) in [5, 5.41) is 19.5. The van der Waals surface area contributed by atoms with Gasteiger partial charge in [-0.2, -0.15) is 5.10 Å². The van der Waals surface area contributed by atoms with Gasteiger partial charge in [0.15, 0.2) is 0 Å². The van der Waals surface area contributed by atoms with Crippen molar-refractivity contribution in [3.8, 4) is 11.1 Å². The second-order valence-corrected chi connectivity index (χ2v) is 16.0. The average Bonchev–Trinajstić information content (AvgIpc) is 3.62. The molecule has 6 rings (SSSR count). The van der Waals surface area contributed by atoms with Crippen LogP contribution in [0.3, 0.4) is 0 Å². The maximum Gasteiger partial charge on any atom is 0.407 e. The Balaban J connectivity index is 1.10.